The molecule has 23 heavy (non-hydrogen) atoms. The van der Waals surface area contributed by atoms with Crippen molar-refractivity contribution in [3.05, 3.63) is 70.2 Å². The van der Waals surface area contributed by atoms with Gasteiger partial charge in [-0.1, -0.05) is 48.0 Å². The number of nitrogens with zero attached hydrogens (tertiary/aromatic N) is 2. The SMILES string of the molecule is Clc1ccc(C2N=C(N3CCOCC3)Cc3ccccc32)cc1. The van der Waals surface area contributed by atoms with Crippen LogP contribution in [0.5, 0.6) is 0 Å². The molecule has 0 spiro atoms. The van der Waals surface area contributed by atoms with Gasteiger partial charge in [0.25, 0.3) is 0 Å². The molecule has 0 saturated carbocycles. The highest BCUT2D eigenvalue weighted by atomic mass is 35.5. The first kappa shape index (κ1) is 14.7. The van der Waals surface area contributed by atoms with E-state index in [9.17, 15) is 0 Å². The van der Waals surface area contributed by atoms with E-state index in [-0.39, 0.29) is 6.04 Å². The third-order valence-corrected chi connectivity index (χ3v) is 4.79. The first-order valence-corrected chi connectivity index (χ1v) is 8.42. The van der Waals surface area contributed by atoms with Crippen LogP contribution in [0.15, 0.2) is 53.5 Å². The van der Waals surface area contributed by atoms with Gasteiger partial charge in [0.1, 0.15) is 11.9 Å². The predicted octanol–water partition coefficient (Wildman–Crippen LogP) is 3.72. The Kier molecular flexibility index (Phi) is 4.06. The Morgan fingerprint density at radius 1 is 1.00 bits per heavy atom. The van der Waals surface area contributed by atoms with Crippen LogP contribution in [0.4, 0.5) is 0 Å². The number of fused-ring (bicyclic) bond motifs is 1. The second-order valence-corrected chi connectivity index (χ2v) is 6.41. The molecule has 2 aromatic rings. The Labute approximate surface area is 141 Å². The molecule has 2 aliphatic rings. The molecule has 1 saturated heterocycles. The van der Waals surface area contributed by atoms with Crippen LogP contribution in [0.1, 0.15) is 22.7 Å². The van der Waals surface area contributed by atoms with Crippen molar-refractivity contribution in [1.29, 1.82) is 0 Å². The van der Waals surface area contributed by atoms with E-state index < -0.39 is 0 Å². The van der Waals surface area contributed by atoms with E-state index in [0.29, 0.717) is 0 Å². The number of amidine groups is 1. The van der Waals surface area contributed by atoms with Crippen molar-refractivity contribution in [2.24, 2.45) is 4.99 Å². The molecule has 0 N–H and O–H groups in total. The van der Waals surface area contributed by atoms with Gasteiger partial charge in [-0.15, -0.1) is 0 Å². The van der Waals surface area contributed by atoms with Crippen molar-refractivity contribution in [3.63, 3.8) is 0 Å². The van der Waals surface area contributed by atoms with Gasteiger partial charge in [-0.05, 0) is 28.8 Å². The lowest BCUT2D eigenvalue weighted by Crippen LogP contribution is -2.42. The lowest BCUT2D eigenvalue weighted by atomic mass is 9.90. The summed E-state index contributed by atoms with van der Waals surface area (Å²) >= 11 is 6.04. The van der Waals surface area contributed by atoms with Crippen LogP contribution >= 0.6 is 11.6 Å². The molecule has 118 valence electrons. The molecule has 1 unspecified atom stereocenters. The zero-order chi connectivity index (χ0) is 15.6. The minimum absolute atomic E-state index is 0.0510. The standard InChI is InChI=1S/C19H19ClN2O/c20-16-7-5-14(6-8-16)19-17-4-2-1-3-15(17)13-18(21-19)22-9-11-23-12-10-22/h1-8,19H,9-13H2. The summed E-state index contributed by atoms with van der Waals surface area (Å²) in [6.45, 7) is 3.42. The molecule has 0 aromatic heterocycles. The normalized spacial score (nSPS) is 20.8. The second kappa shape index (κ2) is 6.34. The minimum Gasteiger partial charge on any atom is -0.378 e. The summed E-state index contributed by atoms with van der Waals surface area (Å²) < 4.78 is 5.47. The zero-order valence-corrected chi connectivity index (χ0v) is 13.7. The number of ether oxygens (including phenoxy) is 1. The van der Waals surface area contributed by atoms with Gasteiger partial charge in [0.15, 0.2) is 0 Å². The van der Waals surface area contributed by atoms with Crippen molar-refractivity contribution in [2.75, 3.05) is 26.3 Å². The first-order chi connectivity index (χ1) is 11.3. The van der Waals surface area contributed by atoms with Crippen molar-refractivity contribution in [2.45, 2.75) is 12.5 Å². The van der Waals surface area contributed by atoms with Gasteiger partial charge in [-0.2, -0.15) is 0 Å². The maximum atomic E-state index is 6.04. The summed E-state index contributed by atoms with van der Waals surface area (Å²) in [4.78, 5) is 7.45. The molecule has 3 nitrogen and oxygen atoms in total. The van der Waals surface area contributed by atoms with Crippen molar-refractivity contribution in [3.8, 4) is 0 Å². The number of benzene rings is 2. The highest BCUT2D eigenvalue weighted by Crippen LogP contribution is 2.34. The molecule has 1 fully saturated rings. The third kappa shape index (κ3) is 2.99. The average Bonchev–Trinajstić information content (AvgIpc) is 2.62. The Balaban J connectivity index is 1.74. The van der Waals surface area contributed by atoms with Crippen LogP contribution in [0, 0.1) is 0 Å². The van der Waals surface area contributed by atoms with Gasteiger partial charge >= 0.3 is 0 Å². The van der Waals surface area contributed by atoms with Gasteiger partial charge in [0.2, 0.25) is 0 Å². The monoisotopic (exact) mass is 326 g/mol. The van der Waals surface area contributed by atoms with Gasteiger partial charge < -0.3 is 9.64 Å². The van der Waals surface area contributed by atoms with E-state index in [1.807, 2.05) is 12.1 Å². The van der Waals surface area contributed by atoms with Crippen molar-refractivity contribution >= 4 is 17.4 Å². The number of rotatable bonds is 1. The fraction of sp³-hybridized carbons (Fsp3) is 0.316. The van der Waals surface area contributed by atoms with E-state index in [1.54, 1.807) is 0 Å². The summed E-state index contributed by atoms with van der Waals surface area (Å²) in [5, 5.41) is 0.759. The van der Waals surface area contributed by atoms with Gasteiger partial charge in [-0.25, -0.2) is 0 Å². The van der Waals surface area contributed by atoms with E-state index >= 15 is 0 Å². The summed E-state index contributed by atoms with van der Waals surface area (Å²) in [6, 6.07) is 16.7. The van der Waals surface area contributed by atoms with Gasteiger partial charge in [0.05, 0.1) is 13.2 Å². The average molecular weight is 327 g/mol. The fourth-order valence-corrected chi connectivity index (χ4v) is 3.44. The summed E-state index contributed by atoms with van der Waals surface area (Å²) in [5.74, 6) is 1.17. The van der Waals surface area contributed by atoms with Crippen LogP contribution in [0.25, 0.3) is 0 Å². The number of hydrogen-bond acceptors (Lipinski definition) is 3. The minimum atomic E-state index is 0.0510. The molecular weight excluding hydrogens is 308 g/mol. The summed E-state index contributed by atoms with van der Waals surface area (Å²) in [6.07, 6.45) is 0.903. The fourth-order valence-electron chi connectivity index (χ4n) is 3.31. The van der Waals surface area contributed by atoms with E-state index in [1.165, 1.54) is 22.5 Å². The van der Waals surface area contributed by atoms with Crippen molar-refractivity contribution in [1.82, 2.24) is 4.90 Å². The Morgan fingerprint density at radius 3 is 2.52 bits per heavy atom. The topological polar surface area (TPSA) is 24.8 Å². The molecule has 2 heterocycles. The molecule has 2 aliphatic heterocycles. The Morgan fingerprint density at radius 2 is 1.74 bits per heavy atom. The molecule has 1 atom stereocenters. The van der Waals surface area contributed by atoms with Crippen LogP contribution < -0.4 is 0 Å². The Hall–Kier alpha value is -1.84. The number of morpholine rings is 1. The number of aliphatic imine (C=N–C) groups is 1. The molecule has 0 bridgehead atoms. The number of halogens is 1. The highest BCUT2D eigenvalue weighted by molar-refractivity contribution is 6.30. The maximum Gasteiger partial charge on any atom is 0.105 e. The highest BCUT2D eigenvalue weighted by Gasteiger charge is 2.26. The summed E-state index contributed by atoms with van der Waals surface area (Å²) in [7, 11) is 0. The van der Waals surface area contributed by atoms with Crippen LogP contribution in [-0.4, -0.2) is 37.0 Å². The van der Waals surface area contributed by atoms with Crippen LogP contribution in [-0.2, 0) is 11.2 Å². The Bertz CT molecular complexity index is 720. The lowest BCUT2D eigenvalue weighted by molar-refractivity contribution is 0.0671. The molecule has 0 aliphatic carbocycles. The molecule has 0 radical (unpaired) electrons. The second-order valence-electron chi connectivity index (χ2n) is 5.97. The quantitative estimate of drug-likeness (QED) is 0.798. The molecular formula is C19H19ClN2O. The van der Waals surface area contributed by atoms with Crippen molar-refractivity contribution < 1.29 is 4.74 Å². The molecule has 2 aromatic carbocycles. The van der Waals surface area contributed by atoms with Gasteiger partial charge in [-0.3, -0.25) is 4.99 Å². The maximum absolute atomic E-state index is 6.04. The largest absolute Gasteiger partial charge is 0.378 e. The smallest absolute Gasteiger partial charge is 0.105 e. The first-order valence-electron chi connectivity index (χ1n) is 8.04. The lowest BCUT2D eigenvalue weighted by Gasteiger charge is -2.34. The van der Waals surface area contributed by atoms with E-state index in [0.717, 1.165) is 37.7 Å². The van der Waals surface area contributed by atoms with Crippen LogP contribution in [0.3, 0.4) is 0 Å². The zero-order valence-electron chi connectivity index (χ0n) is 12.9. The summed E-state index contributed by atoms with van der Waals surface area (Å²) in [5.41, 5.74) is 3.85. The van der Waals surface area contributed by atoms with Crippen LogP contribution in [0.2, 0.25) is 5.02 Å². The predicted molar refractivity (Wildman–Crippen MR) is 93.3 cm³/mol. The van der Waals surface area contributed by atoms with E-state index in [4.69, 9.17) is 21.3 Å². The third-order valence-electron chi connectivity index (χ3n) is 4.54. The van der Waals surface area contributed by atoms with E-state index in [2.05, 4.69) is 41.3 Å². The number of hydrogen-bond donors (Lipinski definition) is 0. The molecule has 4 rings (SSSR count). The molecule has 4 heteroatoms. The molecule has 0 amide bonds. The van der Waals surface area contributed by atoms with Gasteiger partial charge in [0, 0.05) is 24.5 Å².